The summed E-state index contributed by atoms with van der Waals surface area (Å²) in [5.74, 6) is 0. The maximum Gasteiger partial charge on any atom is 0.107 e. The Bertz CT molecular complexity index is 790. The molecule has 4 rings (SSSR count). The summed E-state index contributed by atoms with van der Waals surface area (Å²) in [6.45, 7) is 3.56. The SMILES string of the molecule is C1=CC(N2CCOCC2)C=CC(c2cc3nccnc3cn2)=C1. The van der Waals surface area contributed by atoms with Gasteiger partial charge in [-0.3, -0.25) is 19.9 Å². The van der Waals surface area contributed by atoms with Crippen LogP contribution in [0.4, 0.5) is 0 Å². The number of hydrogen-bond acceptors (Lipinski definition) is 5. The van der Waals surface area contributed by atoms with Gasteiger partial charge in [-0.05, 0) is 11.6 Å². The Morgan fingerprint density at radius 3 is 2.70 bits per heavy atom. The van der Waals surface area contributed by atoms with Gasteiger partial charge in [0.05, 0.1) is 30.6 Å². The normalized spacial score (nSPS) is 22.1. The maximum atomic E-state index is 5.43. The monoisotopic (exact) mass is 306 g/mol. The second-order valence-electron chi connectivity index (χ2n) is 5.62. The predicted molar refractivity (Wildman–Crippen MR) is 89.8 cm³/mol. The van der Waals surface area contributed by atoms with Crippen LogP contribution in [0.1, 0.15) is 5.69 Å². The lowest BCUT2D eigenvalue weighted by Crippen LogP contribution is -2.41. The fraction of sp³-hybridized carbons (Fsp3) is 0.278. The molecule has 23 heavy (non-hydrogen) atoms. The minimum Gasteiger partial charge on any atom is -0.379 e. The van der Waals surface area contributed by atoms with Crippen LogP contribution >= 0.6 is 0 Å². The van der Waals surface area contributed by atoms with Crippen LogP contribution in [0.3, 0.4) is 0 Å². The molecule has 5 heteroatoms. The number of nitrogens with zero attached hydrogens (tertiary/aromatic N) is 4. The van der Waals surface area contributed by atoms with E-state index in [0.717, 1.165) is 48.6 Å². The maximum absolute atomic E-state index is 5.43. The summed E-state index contributed by atoms with van der Waals surface area (Å²) in [5, 5.41) is 0. The van der Waals surface area contributed by atoms with E-state index in [1.165, 1.54) is 0 Å². The Kier molecular flexibility index (Phi) is 3.96. The summed E-state index contributed by atoms with van der Waals surface area (Å²) in [6, 6.07) is 2.30. The molecular formula is C18H18N4O. The first kappa shape index (κ1) is 14.2. The van der Waals surface area contributed by atoms with Crippen LogP contribution < -0.4 is 0 Å². The van der Waals surface area contributed by atoms with Crippen molar-refractivity contribution in [3.63, 3.8) is 0 Å². The zero-order chi connectivity index (χ0) is 15.5. The number of rotatable bonds is 2. The third-order valence-electron chi connectivity index (χ3n) is 4.18. The molecule has 116 valence electrons. The molecule has 1 aliphatic heterocycles. The van der Waals surface area contributed by atoms with Crippen LogP contribution in [0.2, 0.25) is 0 Å². The smallest absolute Gasteiger partial charge is 0.107 e. The molecule has 0 spiro atoms. The van der Waals surface area contributed by atoms with E-state index < -0.39 is 0 Å². The molecule has 1 atom stereocenters. The average molecular weight is 306 g/mol. The molecule has 5 nitrogen and oxygen atoms in total. The third-order valence-corrected chi connectivity index (χ3v) is 4.18. The topological polar surface area (TPSA) is 51.1 Å². The van der Waals surface area contributed by atoms with Crippen molar-refractivity contribution in [2.45, 2.75) is 6.04 Å². The van der Waals surface area contributed by atoms with E-state index in [4.69, 9.17) is 4.74 Å². The fourth-order valence-corrected chi connectivity index (χ4v) is 2.91. The molecule has 0 amide bonds. The average Bonchev–Trinajstić information content (AvgIpc) is 2.88. The minimum atomic E-state index is 0.313. The van der Waals surface area contributed by atoms with Crippen molar-refractivity contribution >= 4 is 16.6 Å². The quantitative estimate of drug-likeness (QED) is 0.851. The largest absolute Gasteiger partial charge is 0.379 e. The highest BCUT2D eigenvalue weighted by Gasteiger charge is 2.17. The number of ether oxygens (including phenoxy) is 1. The van der Waals surface area contributed by atoms with Gasteiger partial charge in [0.2, 0.25) is 0 Å². The number of aromatic nitrogens is 3. The van der Waals surface area contributed by atoms with E-state index in [1.54, 1.807) is 18.6 Å². The highest BCUT2D eigenvalue weighted by molar-refractivity contribution is 5.81. The molecule has 0 bridgehead atoms. The number of morpholine rings is 1. The molecule has 2 aromatic heterocycles. The summed E-state index contributed by atoms with van der Waals surface area (Å²) in [6.07, 6.45) is 16.0. The van der Waals surface area contributed by atoms with E-state index in [9.17, 15) is 0 Å². The van der Waals surface area contributed by atoms with Crippen molar-refractivity contribution in [2.75, 3.05) is 26.3 Å². The minimum absolute atomic E-state index is 0.313. The highest BCUT2D eigenvalue weighted by Crippen LogP contribution is 2.20. The highest BCUT2D eigenvalue weighted by atomic mass is 16.5. The molecule has 2 aromatic rings. The van der Waals surface area contributed by atoms with Gasteiger partial charge in [0, 0.05) is 31.5 Å². The van der Waals surface area contributed by atoms with Crippen LogP contribution in [0, 0.1) is 0 Å². The Morgan fingerprint density at radius 2 is 1.83 bits per heavy atom. The van der Waals surface area contributed by atoms with Crippen molar-refractivity contribution < 1.29 is 4.74 Å². The van der Waals surface area contributed by atoms with Crippen molar-refractivity contribution in [2.24, 2.45) is 0 Å². The molecule has 2 aliphatic rings. The molecular weight excluding hydrogens is 288 g/mol. The van der Waals surface area contributed by atoms with Gasteiger partial charge in [-0.1, -0.05) is 30.4 Å². The zero-order valence-corrected chi connectivity index (χ0v) is 12.8. The standard InChI is InChI=1S/C18H18N4O/c1-2-14(4-5-15(3-1)22-8-10-23-11-9-22)16-12-17-18(13-21-16)20-7-6-19-17/h1-7,12-13,15H,8-11H2. The number of hydrogen-bond donors (Lipinski definition) is 0. The van der Waals surface area contributed by atoms with Gasteiger partial charge >= 0.3 is 0 Å². The summed E-state index contributed by atoms with van der Waals surface area (Å²) in [5.41, 5.74) is 3.69. The molecule has 1 unspecified atom stereocenters. The second-order valence-corrected chi connectivity index (χ2v) is 5.62. The Morgan fingerprint density at radius 1 is 1.00 bits per heavy atom. The molecule has 1 aliphatic carbocycles. The van der Waals surface area contributed by atoms with Gasteiger partial charge in [0.15, 0.2) is 0 Å². The lowest BCUT2D eigenvalue weighted by Gasteiger charge is -2.30. The van der Waals surface area contributed by atoms with E-state index in [-0.39, 0.29) is 0 Å². The van der Waals surface area contributed by atoms with E-state index in [2.05, 4.69) is 50.2 Å². The predicted octanol–water partition coefficient (Wildman–Crippen LogP) is 2.24. The molecule has 1 fully saturated rings. The van der Waals surface area contributed by atoms with Gasteiger partial charge in [0.25, 0.3) is 0 Å². The first-order valence-corrected chi connectivity index (χ1v) is 7.86. The summed E-state index contributed by atoms with van der Waals surface area (Å²) in [4.78, 5) is 15.6. The summed E-state index contributed by atoms with van der Waals surface area (Å²) >= 11 is 0. The van der Waals surface area contributed by atoms with Gasteiger partial charge < -0.3 is 4.74 Å². The molecule has 0 radical (unpaired) electrons. The number of allylic oxidation sites excluding steroid dienone is 4. The summed E-state index contributed by atoms with van der Waals surface area (Å²) < 4.78 is 5.43. The number of pyridine rings is 1. The van der Waals surface area contributed by atoms with Crippen molar-refractivity contribution in [1.82, 2.24) is 19.9 Å². The fourth-order valence-electron chi connectivity index (χ4n) is 2.91. The van der Waals surface area contributed by atoms with Gasteiger partial charge in [-0.25, -0.2) is 0 Å². The second kappa shape index (κ2) is 6.40. The van der Waals surface area contributed by atoms with Crippen molar-refractivity contribution in [1.29, 1.82) is 0 Å². The molecule has 3 heterocycles. The van der Waals surface area contributed by atoms with Gasteiger partial charge in [-0.15, -0.1) is 0 Å². The van der Waals surface area contributed by atoms with Crippen LogP contribution in [0.5, 0.6) is 0 Å². The van der Waals surface area contributed by atoms with Crippen molar-refractivity contribution in [3.05, 3.63) is 60.7 Å². The number of fused-ring (bicyclic) bond motifs is 1. The van der Waals surface area contributed by atoms with Gasteiger partial charge in [0.1, 0.15) is 5.52 Å². The Hall–Kier alpha value is -2.37. The lowest BCUT2D eigenvalue weighted by molar-refractivity contribution is 0.0330. The Balaban J connectivity index is 1.59. The first-order chi connectivity index (χ1) is 11.4. The van der Waals surface area contributed by atoms with E-state index in [0.29, 0.717) is 6.04 Å². The molecule has 1 saturated heterocycles. The first-order valence-electron chi connectivity index (χ1n) is 7.86. The van der Waals surface area contributed by atoms with Crippen LogP contribution in [-0.4, -0.2) is 52.2 Å². The van der Waals surface area contributed by atoms with Crippen LogP contribution in [0.15, 0.2) is 55.0 Å². The molecule has 0 N–H and O–H groups in total. The van der Waals surface area contributed by atoms with Crippen LogP contribution in [-0.2, 0) is 4.74 Å². The third kappa shape index (κ3) is 3.06. The van der Waals surface area contributed by atoms with Crippen molar-refractivity contribution in [3.8, 4) is 0 Å². The van der Waals surface area contributed by atoms with E-state index in [1.807, 2.05) is 6.07 Å². The zero-order valence-electron chi connectivity index (χ0n) is 12.8. The summed E-state index contributed by atoms with van der Waals surface area (Å²) in [7, 11) is 0. The molecule has 0 aromatic carbocycles. The lowest BCUT2D eigenvalue weighted by atomic mass is 10.1. The van der Waals surface area contributed by atoms with E-state index >= 15 is 0 Å². The van der Waals surface area contributed by atoms with Crippen LogP contribution in [0.25, 0.3) is 16.6 Å². The molecule has 0 saturated carbocycles. The Labute approximate surface area is 135 Å². The van der Waals surface area contributed by atoms with Gasteiger partial charge in [-0.2, -0.15) is 0 Å².